The van der Waals surface area contributed by atoms with E-state index < -0.39 is 0 Å². The summed E-state index contributed by atoms with van der Waals surface area (Å²) in [6, 6.07) is 7.04. The molecule has 1 aromatic carbocycles. The molecule has 2 N–H and O–H groups in total. The van der Waals surface area contributed by atoms with Crippen LogP contribution in [0, 0.1) is 6.92 Å². The molecule has 0 bridgehead atoms. The van der Waals surface area contributed by atoms with Crippen LogP contribution in [0.25, 0.3) is 11.0 Å². The fraction of sp³-hybridized carbons (Fsp3) is 0.562. The predicted molar refractivity (Wildman–Crippen MR) is 83.8 cm³/mol. The lowest BCUT2D eigenvalue weighted by Crippen LogP contribution is -2.32. The zero-order chi connectivity index (χ0) is 14.1. The first-order valence-corrected chi connectivity index (χ1v) is 7.58. The van der Waals surface area contributed by atoms with E-state index in [0.717, 1.165) is 30.2 Å². The fourth-order valence-electron chi connectivity index (χ4n) is 3.33. The molecular weight excluding hydrogens is 248 g/mol. The number of nitrogens with zero attached hydrogens (tertiary/aromatic N) is 3. The highest BCUT2D eigenvalue weighted by Crippen LogP contribution is 2.24. The van der Waals surface area contributed by atoms with Gasteiger partial charge in [0.2, 0.25) is 5.95 Å². The van der Waals surface area contributed by atoms with Gasteiger partial charge < -0.3 is 15.2 Å². The topological polar surface area (TPSA) is 47.1 Å². The maximum Gasteiger partial charge on any atom is 0.201 e. The van der Waals surface area contributed by atoms with Gasteiger partial charge in [-0.15, -0.1) is 0 Å². The van der Waals surface area contributed by atoms with Gasteiger partial charge in [0.25, 0.3) is 0 Å². The van der Waals surface area contributed by atoms with Crippen molar-refractivity contribution < 1.29 is 0 Å². The Hall–Kier alpha value is -1.55. The summed E-state index contributed by atoms with van der Waals surface area (Å²) >= 11 is 0. The summed E-state index contributed by atoms with van der Waals surface area (Å²) in [4.78, 5) is 6.99. The molecule has 0 spiro atoms. The van der Waals surface area contributed by atoms with Crippen LogP contribution in [-0.4, -0.2) is 34.1 Å². The van der Waals surface area contributed by atoms with Gasteiger partial charge in [0.15, 0.2) is 0 Å². The molecule has 3 rings (SSSR count). The average molecular weight is 272 g/mol. The highest BCUT2D eigenvalue weighted by molar-refractivity contribution is 5.81. The molecule has 0 aliphatic heterocycles. The molecule has 1 aliphatic rings. The van der Waals surface area contributed by atoms with E-state index in [-0.39, 0.29) is 0 Å². The number of nitrogen functional groups attached to an aromatic ring is 1. The van der Waals surface area contributed by atoms with Crippen LogP contribution >= 0.6 is 0 Å². The Morgan fingerprint density at radius 1 is 1.35 bits per heavy atom. The zero-order valence-corrected chi connectivity index (χ0v) is 12.5. The van der Waals surface area contributed by atoms with Crippen molar-refractivity contribution in [3.8, 4) is 0 Å². The molecule has 0 saturated heterocycles. The van der Waals surface area contributed by atoms with Crippen molar-refractivity contribution in [2.24, 2.45) is 0 Å². The summed E-state index contributed by atoms with van der Waals surface area (Å²) in [6.07, 6.45) is 5.44. The summed E-state index contributed by atoms with van der Waals surface area (Å²) in [5.41, 5.74) is 9.48. The van der Waals surface area contributed by atoms with E-state index in [4.69, 9.17) is 5.73 Å². The van der Waals surface area contributed by atoms with Crippen LogP contribution in [0.3, 0.4) is 0 Å². The van der Waals surface area contributed by atoms with E-state index in [1.165, 1.54) is 31.2 Å². The second-order valence-corrected chi connectivity index (χ2v) is 5.98. The number of aromatic nitrogens is 2. The minimum absolute atomic E-state index is 0.633. The minimum Gasteiger partial charge on any atom is -0.369 e. The Morgan fingerprint density at radius 2 is 2.10 bits per heavy atom. The molecular formula is C16H24N4. The van der Waals surface area contributed by atoms with Crippen molar-refractivity contribution in [1.29, 1.82) is 0 Å². The van der Waals surface area contributed by atoms with Crippen LogP contribution in [0.15, 0.2) is 18.2 Å². The number of fused-ring (bicyclic) bond motifs is 1. The van der Waals surface area contributed by atoms with E-state index >= 15 is 0 Å². The molecule has 20 heavy (non-hydrogen) atoms. The Kier molecular flexibility index (Phi) is 3.66. The summed E-state index contributed by atoms with van der Waals surface area (Å²) in [5, 5.41) is 0. The SMILES string of the molecule is Cc1cccc2c1nc(N)n2CCN(C)C1CCCC1. The normalized spacial score (nSPS) is 16.6. The van der Waals surface area contributed by atoms with Crippen molar-refractivity contribution in [2.45, 2.75) is 45.2 Å². The first-order valence-electron chi connectivity index (χ1n) is 7.58. The van der Waals surface area contributed by atoms with Gasteiger partial charge in [0.1, 0.15) is 0 Å². The first kappa shape index (κ1) is 13.4. The van der Waals surface area contributed by atoms with Crippen LogP contribution < -0.4 is 5.73 Å². The second kappa shape index (κ2) is 5.44. The van der Waals surface area contributed by atoms with Crippen molar-refractivity contribution in [1.82, 2.24) is 14.5 Å². The summed E-state index contributed by atoms with van der Waals surface area (Å²) < 4.78 is 2.15. The second-order valence-electron chi connectivity index (χ2n) is 5.98. The van der Waals surface area contributed by atoms with E-state index in [0.29, 0.717) is 5.95 Å². The van der Waals surface area contributed by atoms with Gasteiger partial charge >= 0.3 is 0 Å². The molecule has 0 unspecified atom stereocenters. The summed E-state index contributed by atoms with van der Waals surface area (Å²) in [7, 11) is 2.23. The number of benzene rings is 1. The number of aryl methyl sites for hydroxylation is 1. The number of anilines is 1. The number of nitrogens with two attached hydrogens (primary N) is 1. The van der Waals surface area contributed by atoms with Gasteiger partial charge in [-0.05, 0) is 38.4 Å². The highest BCUT2D eigenvalue weighted by Gasteiger charge is 2.19. The quantitative estimate of drug-likeness (QED) is 0.931. The lowest BCUT2D eigenvalue weighted by atomic mass is 10.2. The maximum atomic E-state index is 6.10. The maximum absolute atomic E-state index is 6.10. The van der Waals surface area contributed by atoms with E-state index in [1.54, 1.807) is 0 Å². The molecule has 1 aliphatic carbocycles. The van der Waals surface area contributed by atoms with Gasteiger partial charge in [-0.1, -0.05) is 25.0 Å². The van der Waals surface area contributed by atoms with Crippen LogP contribution in [0.1, 0.15) is 31.2 Å². The largest absolute Gasteiger partial charge is 0.369 e. The minimum atomic E-state index is 0.633. The molecule has 0 amide bonds. The molecule has 4 nitrogen and oxygen atoms in total. The van der Waals surface area contributed by atoms with Crippen molar-refractivity contribution >= 4 is 17.0 Å². The van der Waals surface area contributed by atoms with E-state index in [2.05, 4.69) is 46.6 Å². The Morgan fingerprint density at radius 3 is 2.85 bits per heavy atom. The van der Waals surface area contributed by atoms with Crippen molar-refractivity contribution in [3.05, 3.63) is 23.8 Å². The van der Waals surface area contributed by atoms with Gasteiger partial charge in [-0.2, -0.15) is 0 Å². The van der Waals surface area contributed by atoms with Crippen LogP contribution in [0.2, 0.25) is 0 Å². The molecule has 0 atom stereocenters. The summed E-state index contributed by atoms with van der Waals surface area (Å²) in [5.74, 6) is 0.633. The third-order valence-electron chi connectivity index (χ3n) is 4.63. The standard InChI is InChI=1S/C16H24N4/c1-12-6-5-9-14-15(12)18-16(17)20(14)11-10-19(2)13-7-3-4-8-13/h5-6,9,13H,3-4,7-8,10-11H2,1-2H3,(H2,17,18). The number of para-hydroxylation sites is 1. The number of imidazole rings is 1. The van der Waals surface area contributed by atoms with Crippen LogP contribution in [0.5, 0.6) is 0 Å². The van der Waals surface area contributed by atoms with Gasteiger partial charge in [0, 0.05) is 19.1 Å². The lowest BCUT2D eigenvalue weighted by Gasteiger charge is -2.24. The predicted octanol–water partition coefficient (Wildman–Crippen LogP) is 2.80. The first-order chi connectivity index (χ1) is 9.66. The van der Waals surface area contributed by atoms with Gasteiger partial charge in [0.05, 0.1) is 11.0 Å². The average Bonchev–Trinajstić information content (AvgIpc) is 3.05. The van der Waals surface area contributed by atoms with Crippen LogP contribution in [0.4, 0.5) is 5.95 Å². The Balaban J connectivity index is 1.77. The third kappa shape index (κ3) is 2.40. The molecule has 1 aromatic heterocycles. The number of likely N-dealkylation sites (N-methyl/N-ethyl adjacent to an activating group) is 1. The van der Waals surface area contributed by atoms with Crippen molar-refractivity contribution in [3.63, 3.8) is 0 Å². The zero-order valence-electron chi connectivity index (χ0n) is 12.5. The number of rotatable bonds is 4. The molecule has 1 saturated carbocycles. The Labute approximate surface area is 120 Å². The number of hydrogen-bond acceptors (Lipinski definition) is 3. The molecule has 0 radical (unpaired) electrons. The Bertz CT molecular complexity index is 596. The molecule has 1 heterocycles. The van der Waals surface area contributed by atoms with E-state index in [9.17, 15) is 0 Å². The molecule has 2 aromatic rings. The monoisotopic (exact) mass is 272 g/mol. The summed E-state index contributed by atoms with van der Waals surface area (Å²) in [6.45, 7) is 4.04. The molecule has 1 fully saturated rings. The lowest BCUT2D eigenvalue weighted by molar-refractivity contribution is 0.238. The van der Waals surface area contributed by atoms with Crippen molar-refractivity contribution in [2.75, 3.05) is 19.3 Å². The van der Waals surface area contributed by atoms with E-state index in [1.807, 2.05) is 0 Å². The fourth-order valence-corrected chi connectivity index (χ4v) is 3.33. The highest BCUT2D eigenvalue weighted by atomic mass is 15.2. The van der Waals surface area contributed by atoms with Gasteiger partial charge in [-0.25, -0.2) is 4.98 Å². The molecule has 4 heteroatoms. The number of hydrogen-bond donors (Lipinski definition) is 1. The smallest absolute Gasteiger partial charge is 0.201 e. The molecule has 108 valence electrons. The third-order valence-corrected chi connectivity index (χ3v) is 4.63. The van der Waals surface area contributed by atoms with Crippen LogP contribution in [-0.2, 0) is 6.54 Å². The van der Waals surface area contributed by atoms with Gasteiger partial charge in [-0.3, -0.25) is 0 Å².